The maximum absolute atomic E-state index is 13.1. The Morgan fingerprint density at radius 1 is 0.265 bits per heavy atom. The number of hydrogen-bond acceptors (Lipinski definition) is 15. The van der Waals surface area contributed by atoms with Crippen molar-refractivity contribution in [2.24, 2.45) is 11.8 Å². The lowest BCUT2D eigenvalue weighted by molar-refractivity contribution is -0.161. The van der Waals surface area contributed by atoms with Gasteiger partial charge in [-0.3, -0.25) is 37.3 Å². The SMILES string of the molecule is CCCCCCCCCCCCCCCCCCC(=O)O[C@H](COC(=O)CCCCCCCCC)COP(=O)(O)OC[C@H](O)COP(=O)(O)OC[C@@H](COC(=O)CCCCCCCCCCCCCCCCCC(C)C)OC(=O)CCCCCCCCCCCCCCCCCCCCC(C)C. The van der Waals surface area contributed by atoms with E-state index in [2.05, 4.69) is 41.5 Å². The van der Waals surface area contributed by atoms with Gasteiger partial charge < -0.3 is 33.8 Å². The highest BCUT2D eigenvalue weighted by atomic mass is 31.2. The van der Waals surface area contributed by atoms with Gasteiger partial charge in [0.25, 0.3) is 0 Å². The molecule has 102 heavy (non-hydrogen) atoms. The zero-order valence-electron chi connectivity index (χ0n) is 66.9. The second-order valence-electron chi connectivity index (χ2n) is 30.8. The average Bonchev–Trinajstić information content (AvgIpc) is 0.923. The molecule has 0 aromatic carbocycles. The summed E-state index contributed by atoms with van der Waals surface area (Å²) in [6.07, 6.45) is 65.4. The summed E-state index contributed by atoms with van der Waals surface area (Å²) >= 11 is 0. The highest BCUT2D eigenvalue weighted by molar-refractivity contribution is 7.47. The maximum atomic E-state index is 13.1. The lowest BCUT2D eigenvalue weighted by atomic mass is 10.0. The Morgan fingerprint density at radius 2 is 0.451 bits per heavy atom. The van der Waals surface area contributed by atoms with Gasteiger partial charge in [-0.25, -0.2) is 9.13 Å². The molecule has 3 N–H and O–H groups in total. The van der Waals surface area contributed by atoms with Crippen molar-refractivity contribution in [1.29, 1.82) is 0 Å². The highest BCUT2D eigenvalue weighted by Gasteiger charge is 2.30. The summed E-state index contributed by atoms with van der Waals surface area (Å²) < 4.78 is 68.7. The third kappa shape index (κ3) is 76.3. The molecule has 0 amide bonds. The Hall–Kier alpha value is -1.94. The van der Waals surface area contributed by atoms with Crippen molar-refractivity contribution in [3.63, 3.8) is 0 Å². The number of carbonyl (C=O) groups is 4. The van der Waals surface area contributed by atoms with E-state index in [4.69, 9.17) is 37.0 Å². The van der Waals surface area contributed by atoms with Crippen LogP contribution in [0.15, 0.2) is 0 Å². The minimum Gasteiger partial charge on any atom is -0.462 e. The molecule has 0 heterocycles. The van der Waals surface area contributed by atoms with Gasteiger partial charge in [0, 0.05) is 25.7 Å². The van der Waals surface area contributed by atoms with Gasteiger partial charge in [-0.15, -0.1) is 0 Å². The lowest BCUT2D eigenvalue weighted by Crippen LogP contribution is -2.30. The van der Waals surface area contributed by atoms with Gasteiger partial charge in [0.2, 0.25) is 0 Å². The van der Waals surface area contributed by atoms with E-state index in [1.165, 1.54) is 244 Å². The van der Waals surface area contributed by atoms with Crippen LogP contribution in [0.4, 0.5) is 0 Å². The smallest absolute Gasteiger partial charge is 0.462 e. The summed E-state index contributed by atoms with van der Waals surface area (Å²) in [5.41, 5.74) is 0. The number of esters is 4. The van der Waals surface area contributed by atoms with E-state index >= 15 is 0 Å². The number of rotatable bonds is 82. The first-order valence-corrected chi connectivity index (χ1v) is 46.0. The third-order valence-corrected chi connectivity index (χ3v) is 21.4. The van der Waals surface area contributed by atoms with Crippen LogP contribution < -0.4 is 0 Å². The molecule has 17 nitrogen and oxygen atoms in total. The van der Waals surface area contributed by atoms with Crippen LogP contribution >= 0.6 is 15.6 Å². The molecule has 606 valence electrons. The Balaban J connectivity index is 5.17. The summed E-state index contributed by atoms with van der Waals surface area (Å²) in [6, 6.07) is 0. The van der Waals surface area contributed by atoms with Gasteiger partial charge >= 0.3 is 39.5 Å². The first kappa shape index (κ1) is 100. The predicted octanol–water partition coefficient (Wildman–Crippen LogP) is 25.1. The number of carbonyl (C=O) groups excluding carboxylic acids is 4. The summed E-state index contributed by atoms with van der Waals surface area (Å²) in [6.45, 7) is 9.68. The molecular formula is C83H162O17P2. The van der Waals surface area contributed by atoms with Crippen molar-refractivity contribution in [2.45, 2.75) is 458 Å². The van der Waals surface area contributed by atoms with Crippen LogP contribution in [0.25, 0.3) is 0 Å². The van der Waals surface area contributed by atoms with Crippen LogP contribution in [0, 0.1) is 11.8 Å². The zero-order chi connectivity index (χ0) is 74.9. The third-order valence-electron chi connectivity index (χ3n) is 19.5. The van der Waals surface area contributed by atoms with E-state index in [-0.39, 0.29) is 25.7 Å². The van der Waals surface area contributed by atoms with Gasteiger partial charge in [-0.05, 0) is 37.5 Å². The van der Waals surface area contributed by atoms with E-state index in [9.17, 15) is 43.2 Å². The van der Waals surface area contributed by atoms with Crippen LogP contribution in [-0.2, 0) is 65.4 Å². The highest BCUT2D eigenvalue weighted by Crippen LogP contribution is 2.45. The predicted molar refractivity (Wildman–Crippen MR) is 418 cm³/mol. The molecule has 0 saturated heterocycles. The molecule has 19 heteroatoms. The average molecular weight is 1490 g/mol. The van der Waals surface area contributed by atoms with E-state index in [0.29, 0.717) is 25.7 Å². The van der Waals surface area contributed by atoms with E-state index < -0.39 is 97.5 Å². The fourth-order valence-corrected chi connectivity index (χ4v) is 14.5. The minimum atomic E-state index is -4.96. The molecule has 0 aromatic rings. The topological polar surface area (TPSA) is 237 Å². The van der Waals surface area contributed by atoms with Crippen molar-refractivity contribution in [3.05, 3.63) is 0 Å². The van der Waals surface area contributed by atoms with Gasteiger partial charge in [0.1, 0.15) is 19.3 Å². The molecule has 2 unspecified atom stereocenters. The summed E-state index contributed by atoms with van der Waals surface area (Å²) in [4.78, 5) is 72.9. The normalized spacial score (nSPS) is 13.9. The first-order chi connectivity index (χ1) is 49.4. The molecule has 5 atom stereocenters. The molecule has 0 rings (SSSR count). The number of hydrogen-bond donors (Lipinski definition) is 3. The molecule has 0 aliphatic carbocycles. The van der Waals surface area contributed by atoms with Gasteiger partial charge in [-0.2, -0.15) is 0 Å². The first-order valence-electron chi connectivity index (χ1n) is 43.0. The Kier molecular flexibility index (Phi) is 73.1. The molecular weight excluding hydrogens is 1330 g/mol. The molecule has 0 spiro atoms. The second-order valence-corrected chi connectivity index (χ2v) is 33.7. The zero-order valence-corrected chi connectivity index (χ0v) is 68.7. The fourth-order valence-electron chi connectivity index (χ4n) is 12.9. The lowest BCUT2D eigenvalue weighted by Gasteiger charge is -2.21. The van der Waals surface area contributed by atoms with E-state index in [1.807, 2.05) is 0 Å². The van der Waals surface area contributed by atoms with Crippen molar-refractivity contribution >= 4 is 39.5 Å². The van der Waals surface area contributed by atoms with E-state index in [0.717, 1.165) is 115 Å². The Morgan fingerprint density at radius 3 is 0.667 bits per heavy atom. The molecule has 0 aliphatic rings. The largest absolute Gasteiger partial charge is 0.472 e. The molecule has 0 fully saturated rings. The maximum Gasteiger partial charge on any atom is 0.472 e. The molecule has 0 aliphatic heterocycles. The van der Waals surface area contributed by atoms with Crippen molar-refractivity contribution in [3.8, 4) is 0 Å². The second kappa shape index (κ2) is 74.5. The monoisotopic (exact) mass is 1490 g/mol. The molecule has 0 bridgehead atoms. The Labute approximate surface area is 626 Å². The summed E-state index contributed by atoms with van der Waals surface area (Å²) in [5.74, 6) is -0.483. The quantitative estimate of drug-likeness (QED) is 0.0222. The standard InChI is InChI=1S/C83H162O17P2/c1-7-9-11-13-15-16-17-18-19-27-33-38-43-49-55-61-67-82(87)99-78(71-93-80(85)65-59-53-45-14-12-10-8-2)73-97-101(89,90)95-69-77(84)70-96-102(91,92)98-74-79(72-94-81(86)66-60-54-48-42-37-32-29-24-26-31-36-41-47-52-58-64-76(5)6)100-83(88)68-62-56-50-44-39-34-28-23-21-20-22-25-30-35-40-46-51-57-63-75(3)4/h75-79,84H,7-74H2,1-6H3,(H,89,90)(H,91,92)/t77-,78+,79+/m0/s1. The van der Waals surface area contributed by atoms with Gasteiger partial charge in [0.05, 0.1) is 26.4 Å². The van der Waals surface area contributed by atoms with Gasteiger partial charge in [-0.1, -0.05) is 388 Å². The van der Waals surface area contributed by atoms with Crippen molar-refractivity contribution in [2.75, 3.05) is 39.6 Å². The van der Waals surface area contributed by atoms with Crippen LogP contribution in [0.3, 0.4) is 0 Å². The summed E-state index contributed by atoms with van der Waals surface area (Å²) in [7, 11) is -9.92. The number of unbranched alkanes of at least 4 members (excludes halogenated alkanes) is 52. The molecule has 0 radical (unpaired) electrons. The fraction of sp³-hybridized carbons (Fsp3) is 0.952. The van der Waals surface area contributed by atoms with Crippen molar-refractivity contribution in [1.82, 2.24) is 0 Å². The van der Waals surface area contributed by atoms with Crippen LogP contribution in [0.2, 0.25) is 0 Å². The van der Waals surface area contributed by atoms with Crippen LogP contribution in [0.1, 0.15) is 440 Å². The number of aliphatic hydroxyl groups is 1. The minimum absolute atomic E-state index is 0.108. The Bertz CT molecular complexity index is 1960. The number of ether oxygens (including phenoxy) is 4. The number of aliphatic hydroxyl groups excluding tert-OH is 1. The molecule has 0 saturated carbocycles. The van der Waals surface area contributed by atoms with E-state index in [1.54, 1.807) is 0 Å². The summed E-state index contributed by atoms with van der Waals surface area (Å²) in [5, 5.41) is 10.6. The number of phosphoric acid groups is 2. The van der Waals surface area contributed by atoms with Crippen molar-refractivity contribution < 1.29 is 80.2 Å². The van der Waals surface area contributed by atoms with Crippen LogP contribution in [-0.4, -0.2) is 96.7 Å². The van der Waals surface area contributed by atoms with Gasteiger partial charge in [0.15, 0.2) is 12.2 Å². The molecule has 0 aromatic heterocycles. The number of phosphoric ester groups is 2. The van der Waals surface area contributed by atoms with Crippen LogP contribution in [0.5, 0.6) is 0 Å².